The van der Waals surface area contributed by atoms with Gasteiger partial charge in [-0.05, 0) is 38.8 Å². The summed E-state index contributed by atoms with van der Waals surface area (Å²) in [7, 11) is 0. The maximum Gasteiger partial charge on any atom is 0.257 e. The first-order valence-corrected chi connectivity index (χ1v) is 8.34. The Balaban J connectivity index is 1.41. The standard InChI is InChI=1S/C18H19N3O4/c1-11-9-15(12(2)24-11)18(22)21-6-3-13(4-7-21)16-19-20-17(25-16)14-5-8-23-10-14/h5,8-10,13H,3-4,6-7H2,1-2H3. The van der Waals surface area contributed by atoms with Gasteiger partial charge in [-0.15, -0.1) is 10.2 Å². The maximum atomic E-state index is 12.6. The molecule has 1 amide bonds. The molecule has 7 heteroatoms. The Kier molecular flexibility index (Phi) is 3.91. The lowest BCUT2D eigenvalue weighted by Crippen LogP contribution is -2.38. The lowest BCUT2D eigenvalue weighted by Gasteiger charge is -2.30. The summed E-state index contributed by atoms with van der Waals surface area (Å²) in [6.07, 6.45) is 4.75. The molecule has 1 saturated heterocycles. The van der Waals surface area contributed by atoms with Crippen LogP contribution in [0.2, 0.25) is 0 Å². The van der Waals surface area contributed by atoms with Crippen molar-refractivity contribution < 1.29 is 18.0 Å². The van der Waals surface area contributed by atoms with E-state index in [1.807, 2.05) is 18.7 Å². The predicted molar refractivity (Wildman–Crippen MR) is 88.1 cm³/mol. The van der Waals surface area contributed by atoms with Gasteiger partial charge in [-0.1, -0.05) is 0 Å². The fourth-order valence-electron chi connectivity index (χ4n) is 3.25. The number of carbonyl (C=O) groups excluding carboxylic acids is 1. The number of nitrogens with zero attached hydrogens (tertiary/aromatic N) is 3. The van der Waals surface area contributed by atoms with Gasteiger partial charge in [0, 0.05) is 19.0 Å². The van der Waals surface area contributed by atoms with Crippen LogP contribution in [0.25, 0.3) is 11.5 Å². The first-order chi connectivity index (χ1) is 12.1. The Bertz CT molecular complexity index is 870. The molecule has 4 rings (SSSR count). The number of hydrogen-bond donors (Lipinski definition) is 0. The van der Waals surface area contributed by atoms with Crippen LogP contribution in [-0.4, -0.2) is 34.1 Å². The van der Waals surface area contributed by atoms with Crippen molar-refractivity contribution in [3.8, 4) is 11.5 Å². The highest BCUT2D eigenvalue weighted by molar-refractivity contribution is 5.95. The van der Waals surface area contributed by atoms with Gasteiger partial charge in [-0.25, -0.2) is 0 Å². The number of amides is 1. The minimum absolute atomic E-state index is 0.0254. The molecule has 0 saturated carbocycles. The molecule has 1 aliphatic rings. The summed E-state index contributed by atoms with van der Waals surface area (Å²) in [5, 5.41) is 8.24. The molecule has 0 N–H and O–H groups in total. The second kappa shape index (κ2) is 6.23. The molecule has 0 bridgehead atoms. The number of likely N-dealkylation sites (tertiary alicyclic amines) is 1. The van der Waals surface area contributed by atoms with Gasteiger partial charge in [0.1, 0.15) is 17.8 Å². The highest BCUT2D eigenvalue weighted by Crippen LogP contribution is 2.30. The van der Waals surface area contributed by atoms with E-state index in [1.165, 1.54) is 0 Å². The summed E-state index contributed by atoms with van der Waals surface area (Å²) in [5.41, 5.74) is 1.42. The molecule has 3 aromatic rings. The Hall–Kier alpha value is -2.83. The van der Waals surface area contributed by atoms with Gasteiger partial charge < -0.3 is 18.2 Å². The predicted octanol–water partition coefficient (Wildman–Crippen LogP) is 3.56. The average Bonchev–Trinajstić information content (AvgIpc) is 3.34. The van der Waals surface area contributed by atoms with E-state index in [0.717, 1.165) is 24.2 Å². The summed E-state index contributed by atoms with van der Waals surface area (Å²) in [4.78, 5) is 14.5. The molecule has 1 fully saturated rings. The van der Waals surface area contributed by atoms with Crippen molar-refractivity contribution in [3.63, 3.8) is 0 Å². The smallest absolute Gasteiger partial charge is 0.257 e. The van der Waals surface area contributed by atoms with Crippen LogP contribution in [0.3, 0.4) is 0 Å². The number of rotatable bonds is 3. The van der Waals surface area contributed by atoms with Gasteiger partial charge >= 0.3 is 0 Å². The largest absolute Gasteiger partial charge is 0.472 e. The van der Waals surface area contributed by atoms with Gasteiger partial charge in [0.05, 0.1) is 17.4 Å². The second-order valence-electron chi connectivity index (χ2n) is 6.35. The summed E-state index contributed by atoms with van der Waals surface area (Å²) >= 11 is 0. The van der Waals surface area contributed by atoms with Crippen molar-refractivity contribution in [1.82, 2.24) is 15.1 Å². The zero-order chi connectivity index (χ0) is 17.4. The molecule has 3 aromatic heterocycles. The Morgan fingerprint density at radius 3 is 2.64 bits per heavy atom. The van der Waals surface area contributed by atoms with Crippen LogP contribution in [0.15, 0.2) is 37.9 Å². The molecule has 0 aromatic carbocycles. The molecule has 0 spiro atoms. The van der Waals surface area contributed by atoms with Crippen LogP contribution in [0.1, 0.15) is 46.5 Å². The van der Waals surface area contributed by atoms with Gasteiger partial charge in [0.15, 0.2) is 0 Å². The van der Waals surface area contributed by atoms with E-state index in [1.54, 1.807) is 24.7 Å². The fourth-order valence-corrected chi connectivity index (χ4v) is 3.25. The molecule has 1 aliphatic heterocycles. The molecule has 0 unspecified atom stereocenters. The first kappa shape index (κ1) is 15.7. The van der Waals surface area contributed by atoms with Gasteiger partial charge in [-0.2, -0.15) is 0 Å². The van der Waals surface area contributed by atoms with E-state index in [0.29, 0.717) is 36.2 Å². The molecule has 0 radical (unpaired) electrons. The van der Waals surface area contributed by atoms with Crippen molar-refractivity contribution in [2.75, 3.05) is 13.1 Å². The fraction of sp³-hybridized carbons (Fsp3) is 0.389. The SMILES string of the molecule is Cc1cc(C(=O)N2CCC(c3nnc(-c4ccoc4)o3)CC2)c(C)o1. The summed E-state index contributed by atoms with van der Waals surface area (Å²) in [5.74, 6) is 2.71. The third-order valence-corrected chi connectivity index (χ3v) is 4.61. The zero-order valence-corrected chi connectivity index (χ0v) is 14.2. The summed E-state index contributed by atoms with van der Waals surface area (Å²) < 4.78 is 16.3. The molecule has 25 heavy (non-hydrogen) atoms. The van der Waals surface area contributed by atoms with Crippen LogP contribution >= 0.6 is 0 Å². The van der Waals surface area contributed by atoms with Gasteiger partial charge in [-0.3, -0.25) is 4.79 Å². The van der Waals surface area contributed by atoms with Crippen LogP contribution in [0, 0.1) is 13.8 Å². The van der Waals surface area contributed by atoms with Gasteiger partial charge in [0.25, 0.3) is 11.8 Å². The number of aryl methyl sites for hydroxylation is 2. The minimum atomic E-state index is 0.0254. The monoisotopic (exact) mass is 341 g/mol. The highest BCUT2D eigenvalue weighted by Gasteiger charge is 2.29. The van der Waals surface area contributed by atoms with E-state index < -0.39 is 0 Å². The quantitative estimate of drug-likeness (QED) is 0.724. The van der Waals surface area contributed by atoms with E-state index in [2.05, 4.69) is 10.2 Å². The third-order valence-electron chi connectivity index (χ3n) is 4.61. The lowest BCUT2D eigenvalue weighted by molar-refractivity contribution is 0.0704. The van der Waals surface area contributed by atoms with E-state index in [-0.39, 0.29) is 11.8 Å². The summed E-state index contributed by atoms with van der Waals surface area (Å²) in [6.45, 7) is 5.00. The Morgan fingerprint density at radius 1 is 1.20 bits per heavy atom. The van der Waals surface area contributed by atoms with Crippen molar-refractivity contribution in [1.29, 1.82) is 0 Å². The van der Waals surface area contributed by atoms with E-state index in [9.17, 15) is 4.79 Å². The van der Waals surface area contributed by atoms with Crippen molar-refractivity contribution >= 4 is 5.91 Å². The Morgan fingerprint density at radius 2 is 2.00 bits per heavy atom. The molecular formula is C18H19N3O4. The first-order valence-electron chi connectivity index (χ1n) is 8.34. The zero-order valence-electron chi connectivity index (χ0n) is 14.2. The molecular weight excluding hydrogens is 322 g/mol. The number of furan rings is 2. The van der Waals surface area contributed by atoms with Crippen LogP contribution < -0.4 is 0 Å². The lowest BCUT2D eigenvalue weighted by atomic mass is 9.96. The normalized spacial score (nSPS) is 15.7. The van der Waals surface area contributed by atoms with Gasteiger partial charge in [0.2, 0.25) is 5.89 Å². The van der Waals surface area contributed by atoms with Crippen LogP contribution in [-0.2, 0) is 0 Å². The topological polar surface area (TPSA) is 85.5 Å². The third kappa shape index (κ3) is 2.97. The molecule has 130 valence electrons. The second-order valence-corrected chi connectivity index (χ2v) is 6.35. The number of aromatic nitrogens is 2. The molecule has 7 nitrogen and oxygen atoms in total. The number of carbonyl (C=O) groups is 1. The highest BCUT2D eigenvalue weighted by atomic mass is 16.4. The summed E-state index contributed by atoms with van der Waals surface area (Å²) in [6, 6.07) is 3.59. The Labute approximate surface area is 144 Å². The van der Waals surface area contributed by atoms with E-state index in [4.69, 9.17) is 13.3 Å². The van der Waals surface area contributed by atoms with E-state index >= 15 is 0 Å². The minimum Gasteiger partial charge on any atom is -0.472 e. The maximum absolute atomic E-state index is 12.6. The molecule has 0 aliphatic carbocycles. The van der Waals surface area contributed by atoms with Crippen LogP contribution in [0.5, 0.6) is 0 Å². The van der Waals surface area contributed by atoms with Crippen LogP contribution in [0.4, 0.5) is 0 Å². The average molecular weight is 341 g/mol. The van der Waals surface area contributed by atoms with Crippen molar-refractivity contribution in [2.45, 2.75) is 32.6 Å². The molecule has 0 atom stereocenters. The number of hydrogen-bond acceptors (Lipinski definition) is 6. The van der Waals surface area contributed by atoms with Crippen molar-refractivity contribution in [2.24, 2.45) is 0 Å². The molecule has 4 heterocycles. The van der Waals surface area contributed by atoms with Crippen molar-refractivity contribution in [3.05, 3.63) is 47.6 Å². The number of piperidine rings is 1.